The quantitative estimate of drug-likeness (QED) is 0.629. The van der Waals surface area contributed by atoms with E-state index in [4.69, 9.17) is 19.6 Å². The number of benzene rings is 1. The van der Waals surface area contributed by atoms with Crippen molar-refractivity contribution in [3.8, 4) is 11.5 Å². The molecule has 0 spiro atoms. The molecule has 29 heavy (non-hydrogen) atoms. The Labute approximate surface area is 166 Å². The largest absolute Gasteiger partial charge is 0.493 e. The van der Waals surface area contributed by atoms with Gasteiger partial charge in [-0.3, -0.25) is 9.59 Å². The number of hydrogen-bond acceptors (Lipinski definition) is 6. The average molecular weight is 396 g/mol. The van der Waals surface area contributed by atoms with Gasteiger partial charge in [0, 0.05) is 17.9 Å². The Bertz CT molecular complexity index is 1040. The molecule has 1 aromatic carbocycles. The molecule has 0 saturated carbocycles. The Hall–Kier alpha value is -3.75. The molecule has 150 valence electrons. The number of carbonyl (C=O) groups excluding carboxylic acids is 2. The van der Waals surface area contributed by atoms with Gasteiger partial charge >= 0.3 is 0 Å². The second-order valence-electron chi connectivity index (χ2n) is 6.66. The van der Waals surface area contributed by atoms with Gasteiger partial charge in [0.15, 0.2) is 18.1 Å². The zero-order valence-corrected chi connectivity index (χ0v) is 15.8. The number of primary amides is 1. The van der Waals surface area contributed by atoms with Crippen LogP contribution in [0.4, 0.5) is 5.82 Å². The lowest BCUT2D eigenvalue weighted by atomic mass is 9.87. The molecule has 1 aliphatic rings. The topological polar surface area (TPSA) is 122 Å². The van der Waals surface area contributed by atoms with Crippen molar-refractivity contribution in [1.29, 1.82) is 0 Å². The van der Waals surface area contributed by atoms with Crippen molar-refractivity contribution in [3.63, 3.8) is 0 Å². The summed E-state index contributed by atoms with van der Waals surface area (Å²) >= 11 is 0. The van der Waals surface area contributed by atoms with Gasteiger partial charge in [0.1, 0.15) is 18.1 Å². The molecule has 0 saturated heterocycles. The highest BCUT2D eigenvalue weighted by atomic mass is 16.5. The number of rotatable bonds is 7. The van der Waals surface area contributed by atoms with Gasteiger partial charge in [0.2, 0.25) is 5.91 Å². The number of ether oxygens (including phenoxy) is 2. The van der Waals surface area contributed by atoms with Crippen molar-refractivity contribution in [1.82, 2.24) is 9.78 Å². The zero-order chi connectivity index (χ0) is 20.4. The number of amides is 2. The van der Waals surface area contributed by atoms with Crippen LogP contribution in [-0.2, 0) is 16.1 Å². The average Bonchev–Trinajstić information content (AvgIpc) is 3.36. The molecule has 3 N–H and O–H groups in total. The number of nitrogens with one attached hydrogen (secondary N) is 1. The highest BCUT2D eigenvalue weighted by Crippen LogP contribution is 2.40. The van der Waals surface area contributed by atoms with Crippen LogP contribution >= 0.6 is 0 Å². The standard InChI is InChI=1S/C20H20N4O5/c1-27-17-7-12(4-5-16(17)29-11-18(21)25)14-8-19(26)23-20-15(14)9-22-24(20)10-13-3-2-6-28-13/h2-7,9,14H,8,10-11H2,1H3,(H2,21,25)(H,23,26). The van der Waals surface area contributed by atoms with Gasteiger partial charge in [-0.2, -0.15) is 5.10 Å². The van der Waals surface area contributed by atoms with Crippen LogP contribution in [0.1, 0.15) is 29.2 Å². The van der Waals surface area contributed by atoms with E-state index in [2.05, 4.69) is 10.4 Å². The van der Waals surface area contributed by atoms with Crippen LogP contribution in [0.3, 0.4) is 0 Å². The maximum Gasteiger partial charge on any atom is 0.255 e. The molecule has 9 heteroatoms. The van der Waals surface area contributed by atoms with Crippen LogP contribution in [0, 0.1) is 0 Å². The molecule has 2 amide bonds. The SMILES string of the molecule is COc1cc(C2CC(=O)Nc3c2cnn3Cc2ccco2)ccc1OCC(N)=O. The summed E-state index contributed by atoms with van der Waals surface area (Å²) in [5.74, 6) is 1.39. The molecular formula is C20H20N4O5. The molecule has 2 aromatic heterocycles. The lowest BCUT2D eigenvalue weighted by Gasteiger charge is -2.24. The molecule has 1 atom stereocenters. The van der Waals surface area contributed by atoms with Crippen LogP contribution in [0.5, 0.6) is 11.5 Å². The van der Waals surface area contributed by atoms with E-state index < -0.39 is 5.91 Å². The van der Waals surface area contributed by atoms with E-state index in [1.807, 2.05) is 12.1 Å². The summed E-state index contributed by atoms with van der Waals surface area (Å²) in [7, 11) is 1.51. The van der Waals surface area contributed by atoms with E-state index >= 15 is 0 Å². The van der Waals surface area contributed by atoms with Crippen molar-refractivity contribution < 1.29 is 23.5 Å². The fourth-order valence-corrected chi connectivity index (χ4v) is 3.41. The van der Waals surface area contributed by atoms with Gasteiger partial charge in [-0.25, -0.2) is 4.68 Å². The zero-order valence-electron chi connectivity index (χ0n) is 15.8. The highest BCUT2D eigenvalue weighted by Gasteiger charge is 2.30. The molecule has 1 unspecified atom stereocenters. The Kier molecular flexibility index (Phi) is 4.94. The Balaban J connectivity index is 1.65. The number of fused-ring (bicyclic) bond motifs is 1. The first-order valence-electron chi connectivity index (χ1n) is 9.02. The maximum atomic E-state index is 12.4. The van der Waals surface area contributed by atoms with Crippen LogP contribution in [0.15, 0.2) is 47.2 Å². The first kappa shape index (κ1) is 18.6. The van der Waals surface area contributed by atoms with Crippen LogP contribution in [-0.4, -0.2) is 35.3 Å². The number of anilines is 1. The summed E-state index contributed by atoms with van der Waals surface area (Å²) in [6.07, 6.45) is 3.64. The minimum Gasteiger partial charge on any atom is -0.493 e. The third-order valence-corrected chi connectivity index (χ3v) is 4.74. The Morgan fingerprint density at radius 3 is 2.97 bits per heavy atom. The molecule has 0 bridgehead atoms. The van der Waals surface area contributed by atoms with Crippen molar-refractivity contribution in [2.45, 2.75) is 18.9 Å². The second-order valence-corrected chi connectivity index (χ2v) is 6.66. The first-order valence-corrected chi connectivity index (χ1v) is 9.02. The molecule has 1 aliphatic heterocycles. The lowest BCUT2D eigenvalue weighted by molar-refractivity contribution is -0.120. The molecule has 3 aromatic rings. The number of furan rings is 1. The molecule has 0 aliphatic carbocycles. The number of methoxy groups -OCH3 is 1. The molecule has 0 fully saturated rings. The van der Waals surface area contributed by atoms with Gasteiger partial charge in [-0.15, -0.1) is 0 Å². The molecular weight excluding hydrogens is 376 g/mol. The predicted molar refractivity (Wildman–Crippen MR) is 103 cm³/mol. The van der Waals surface area contributed by atoms with E-state index in [-0.39, 0.29) is 24.9 Å². The Morgan fingerprint density at radius 2 is 2.24 bits per heavy atom. The van der Waals surface area contributed by atoms with Crippen LogP contribution in [0.25, 0.3) is 0 Å². The van der Waals surface area contributed by atoms with E-state index in [1.54, 1.807) is 35.3 Å². The summed E-state index contributed by atoms with van der Waals surface area (Å²) in [4.78, 5) is 23.4. The number of nitrogens with two attached hydrogens (primary N) is 1. The highest BCUT2D eigenvalue weighted by molar-refractivity contribution is 5.94. The van der Waals surface area contributed by atoms with Gasteiger partial charge in [-0.1, -0.05) is 6.07 Å². The predicted octanol–water partition coefficient (Wildman–Crippen LogP) is 1.87. The fraction of sp³-hybridized carbons (Fsp3) is 0.250. The summed E-state index contributed by atoms with van der Waals surface area (Å²) in [5, 5.41) is 7.33. The number of aromatic nitrogens is 2. The number of carbonyl (C=O) groups is 2. The number of hydrogen-bond donors (Lipinski definition) is 2. The minimum atomic E-state index is -0.575. The lowest BCUT2D eigenvalue weighted by Crippen LogP contribution is -2.25. The summed E-state index contributed by atoms with van der Waals surface area (Å²) < 4.78 is 17.9. The summed E-state index contributed by atoms with van der Waals surface area (Å²) in [6.45, 7) is 0.170. The summed E-state index contributed by atoms with van der Waals surface area (Å²) in [5.41, 5.74) is 6.92. The van der Waals surface area contributed by atoms with Crippen LogP contribution < -0.4 is 20.5 Å². The van der Waals surface area contributed by atoms with Crippen molar-refractivity contribution in [2.75, 3.05) is 19.0 Å². The van der Waals surface area contributed by atoms with E-state index in [0.717, 1.165) is 16.9 Å². The summed E-state index contributed by atoms with van der Waals surface area (Å²) in [6, 6.07) is 9.01. The molecule has 4 rings (SSSR count). The van der Waals surface area contributed by atoms with Gasteiger partial charge < -0.3 is 24.9 Å². The second kappa shape index (κ2) is 7.70. The first-order chi connectivity index (χ1) is 14.0. The minimum absolute atomic E-state index is 0.100. The fourth-order valence-electron chi connectivity index (χ4n) is 3.41. The third-order valence-electron chi connectivity index (χ3n) is 4.74. The normalized spacial score (nSPS) is 15.5. The van der Waals surface area contributed by atoms with Gasteiger partial charge in [0.05, 0.1) is 19.6 Å². The van der Waals surface area contributed by atoms with Crippen molar-refractivity contribution in [2.24, 2.45) is 5.73 Å². The molecule has 0 radical (unpaired) electrons. The van der Waals surface area contributed by atoms with Crippen LogP contribution in [0.2, 0.25) is 0 Å². The number of nitrogens with zero attached hydrogens (tertiary/aromatic N) is 2. The molecule has 9 nitrogen and oxygen atoms in total. The van der Waals surface area contributed by atoms with Crippen molar-refractivity contribution in [3.05, 3.63) is 59.7 Å². The van der Waals surface area contributed by atoms with Gasteiger partial charge in [-0.05, 0) is 29.8 Å². The van der Waals surface area contributed by atoms with Gasteiger partial charge in [0.25, 0.3) is 5.91 Å². The Morgan fingerprint density at radius 1 is 1.38 bits per heavy atom. The monoisotopic (exact) mass is 396 g/mol. The van der Waals surface area contributed by atoms with E-state index in [0.29, 0.717) is 23.9 Å². The third kappa shape index (κ3) is 3.79. The molecule has 3 heterocycles. The maximum absolute atomic E-state index is 12.4. The van der Waals surface area contributed by atoms with E-state index in [1.165, 1.54) is 7.11 Å². The van der Waals surface area contributed by atoms with E-state index in [9.17, 15) is 9.59 Å². The smallest absolute Gasteiger partial charge is 0.255 e. The van der Waals surface area contributed by atoms with Crippen molar-refractivity contribution >= 4 is 17.6 Å².